The first-order valence-corrected chi connectivity index (χ1v) is 11.4. The quantitative estimate of drug-likeness (QED) is 0.275. The molecule has 1 heterocycles. The molecule has 0 aliphatic carbocycles. The van der Waals surface area contributed by atoms with E-state index in [0.29, 0.717) is 28.9 Å². The lowest BCUT2D eigenvalue weighted by molar-refractivity contribution is -0.385. The van der Waals surface area contributed by atoms with Crippen LogP contribution in [0.5, 0.6) is 0 Å². The van der Waals surface area contributed by atoms with Crippen molar-refractivity contribution in [3.05, 3.63) is 78.8 Å². The number of benzene rings is 2. The van der Waals surface area contributed by atoms with E-state index >= 15 is 0 Å². The Labute approximate surface area is 211 Å². The molecule has 35 heavy (non-hydrogen) atoms. The Kier molecular flexibility index (Phi) is 8.50. The number of rotatable bonds is 5. The van der Waals surface area contributed by atoms with Gasteiger partial charge in [0.25, 0.3) is 11.4 Å². The van der Waals surface area contributed by atoms with Crippen molar-refractivity contribution in [2.75, 3.05) is 22.9 Å². The number of nitrogens with zero attached hydrogens (tertiary/aromatic N) is 4. The molecule has 10 nitrogen and oxygen atoms in total. The summed E-state index contributed by atoms with van der Waals surface area (Å²) in [6, 6.07) is 9.02. The smallest absolute Gasteiger partial charge is 0.271 e. The van der Waals surface area contributed by atoms with Gasteiger partial charge in [0.15, 0.2) is 0 Å². The maximum atomic E-state index is 11.6. The van der Waals surface area contributed by atoms with Crippen molar-refractivity contribution in [1.29, 1.82) is 0 Å². The average Bonchev–Trinajstić information content (AvgIpc) is 3.03. The Morgan fingerprint density at radius 2 is 1.60 bits per heavy atom. The first kappa shape index (κ1) is 27.6. The molecule has 0 bridgehead atoms. The Morgan fingerprint density at radius 3 is 2.09 bits per heavy atom. The molecule has 1 aliphatic rings. The zero-order valence-electron chi connectivity index (χ0n) is 20.2. The van der Waals surface area contributed by atoms with E-state index in [4.69, 9.17) is 0 Å². The van der Waals surface area contributed by atoms with Gasteiger partial charge >= 0.3 is 0 Å². The van der Waals surface area contributed by atoms with Gasteiger partial charge in [0, 0.05) is 61.1 Å². The average molecular weight is 547 g/mol. The second-order valence-corrected chi connectivity index (χ2v) is 9.76. The SMILES string of the molecule is C=C(C)CN(C(C)=O)c1cc([N+](=O)[O-])ccc1Br.CC(=O)N1CC(C)(C)c2ccc([N+](=O)[O-])cc21. The summed E-state index contributed by atoms with van der Waals surface area (Å²) >= 11 is 3.29. The highest BCUT2D eigenvalue weighted by Gasteiger charge is 2.37. The molecule has 0 saturated heterocycles. The van der Waals surface area contributed by atoms with Crippen molar-refractivity contribution < 1.29 is 19.4 Å². The highest BCUT2D eigenvalue weighted by Crippen LogP contribution is 2.42. The molecular formula is C24H27BrN4O6. The summed E-state index contributed by atoms with van der Waals surface area (Å²) in [7, 11) is 0. The molecule has 0 spiro atoms. The molecule has 0 fully saturated rings. The molecule has 1 aliphatic heterocycles. The second-order valence-electron chi connectivity index (χ2n) is 8.90. The van der Waals surface area contributed by atoms with Gasteiger partial charge in [-0.1, -0.05) is 26.0 Å². The van der Waals surface area contributed by atoms with Crippen LogP contribution < -0.4 is 9.80 Å². The third-order valence-corrected chi connectivity index (χ3v) is 6.06. The number of amides is 2. The van der Waals surface area contributed by atoms with Crippen LogP contribution in [-0.2, 0) is 15.0 Å². The van der Waals surface area contributed by atoms with Crippen molar-refractivity contribution in [1.82, 2.24) is 0 Å². The van der Waals surface area contributed by atoms with Gasteiger partial charge in [0.1, 0.15) is 0 Å². The fourth-order valence-electron chi connectivity index (χ4n) is 3.73. The number of anilines is 2. The van der Waals surface area contributed by atoms with Gasteiger partial charge in [0.2, 0.25) is 11.8 Å². The molecule has 0 radical (unpaired) electrons. The number of nitro benzene ring substituents is 2. The van der Waals surface area contributed by atoms with E-state index in [1.54, 1.807) is 24.0 Å². The zero-order chi connectivity index (χ0) is 26.7. The number of non-ortho nitro benzene ring substituents is 2. The minimum atomic E-state index is -0.491. The number of halogens is 1. The van der Waals surface area contributed by atoms with E-state index in [9.17, 15) is 29.8 Å². The number of carbonyl (C=O) groups excluding carboxylic acids is 2. The van der Waals surface area contributed by atoms with Crippen LogP contribution in [0.3, 0.4) is 0 Å². The molecule has 11 heteroatoms. The van der Waals surface area contributed by atoms with Gasteiger partial charge in [-0.25, -0.2) is 0 Å². The molecule has 0 unspecified atom stereocenters. The lowest BCUT2D eigenvalue weighted by atomic mass is 9.87. The van der Waals surface area contributed by atoms with E-state index in [0.717, 1.165) is 11.1 Å². The minimum Gasteiger partial charge on any atom is -0.311 e. The van der Waals surface area contributed by atoms with E-state index in [-0.39, 0.29) is 28.6 Å². The lowest BCUT2D eigenvalue weighted by Crippen LogP contribution is -2.31. The van der Waals surface area contributed by atoms with E-state index in [2.05, 4.69) is 22.5 Å². The number of carbonyl (C=O) groups is 2. The molecule has 0 atom stereocenters. The standard InChI is InChI=1S/C12H13BrN2O3.C12H14N2O3/c1-8(2)7-14(9(3)16)12-6-10(15(17)18)4-5-11(12)13;1-8(15)13-7-12(2,3)10-5-4-9(14(16)17)6-11(10)13/h4-6H,1,7H2,2-3H3;4-6H,7H2,1-3H3. The van der Waals surface area contributed by atoms with Crippen LogP contribution in [0, 0.1) is 20.2 Å². The molecule has 2 amide bonds. The maximum Gasteiger partial charge on any atom is 0.271 e. The summed E-state index contributed by atoms with van der Waals surface area (Å²) in [6.07, 6.45) is 0. The minimum absolute atomic E-state index is 0.0210. The van der Waals surface area contributed by atoms with Crippen molar-refractivity contribution >= 4 is 50.5 Å². The normalized spacial score (nSPS) is 13.3. The van der Waals surface area contributed by atoms with Crippen LogP contribution >= 0.6 is 15.9 Å². The summed E-state index contributed by atoms with van der Waals surface area (Å²) in [5, 5.41) is 21.5. The van der Waals surface area contributed by atoms with Crippen LogP contribution in [-0.4, -0.2) is 34.8 Å². The number of fused-ring (bicyclic) bond motifs is 1. The monoisotopic (exact) mass is 546 g/mol. The molecule has 2 aromatic rings. The summed E-state index contributed by atoms with van der Waals surface area (Å²) in [4.78, 5) is 46.7. The maximum absolute atomic E-state index is 11.6. The highest BCUT2D eigenvalue weighted by molar-refractivity contribution is 9.10. The number of nitro groups is 2. The summed E-state index contributed by atoms with van der Waals surface area (Å²) in [6.45, 7) is 13.4. The van der Waals surface area contributed by atoms with Gasteiger partial charge in [-0.2, -0.15) is 0 Å². The van der Waals surface area contributed by atoms with Gasteiger partial charge in [0.05, 0.1) is 21.2 Å². The van der Waals surface area contributed by atoms with Crippen LogP contribution in [0.25, 0.3) is 0 Å². The molecule has 0 N–H and O–H groups in total. The van der Waals surface area contributed by atoms with E-state index < -0.39 is 9.85 Å². The third kappa shape index (κ3) is 6.50. The molecular weight excluding hydrogens is 520 g/mol. The van der Waals surface area contributed by atoms with Gasteiger partial charge in [-0.3, -0.25) is 29.8 Å². The topological polar surface area (TPSA) is 127 Å². The predicted molar refractivity (Wildman–Crippen MR) is 138 cm³/mol. The lowest BCUT2D eigenvalue weighted by Gasteiger charge is -2.22. The van der Waals surface area contributed by atoms with Crippen molar-refractivity contribution in [2.45, 2.75) is 40.0 Å². The summed E-state index contributed by atoms with van der Waals surface area (Å²) in [5.41, 5.74) is 2.73. The van der Waals surface area contributed by atoms with Crippen LogP contribution in [0.4, 0.5) is 22.7 Å². The first-order chi connectivity index (χ1) is 16.2. The van der Waals surface area contributed by atoms with Crippen LogP contribution in [0.1, 0.15) is 40.2 Å². The molecule has 2 aromatic carbocycles. The van der Waals surface area contributed by atoms with Gasteiger partial charge in [-0.15, -0.1) is 0 Å². The summed E-state index contributed by atoms with van der Waals surface area (Å²) in [5.74, 6) is -0.281. The van der Waals surface area contributed by atoms with Crippen molar-refractivity contribution in [2.24, 2.45) is 0 Å². The van der Waals surface area contributed by atoms with Crippen molar-refractivity contribution in [3.8, 4) is 0 Å². The fraction of sp³-hybridized carbons (Fsp3) is 0.333. The Hall–Kier alpha value is -3.60. The van der Waals surface area contributed by atoms with Crippen LogP contribution in [0.15, 0.2) is 53.0 Å². The first-order valence-electron chi connectivity index (χ1n) is 10.6. The fourth-order valence-corrected chi connectivity index (χ4v) is 4.19. The van der Waals surface area contributed by atoms with Gasteiger partial charge in [-0.05, 0) is 40.5 Å². The number of hydrogen-bond donors (Lipinski definition) is 0. The van der Waals surface area contributed by atoms with Gasteiger partial charge < -0.3 is 9.80 Å². The predicted octanol–water partition coefficient (Wildman–Crippen LogP) is 5.53. The van der Waals surface area contributed by atoms with Crippen molar-refractivity contribution in [3.63, 3.8) is 0 Å². The molecule has 186 valence electrons. The molecule has 3 rings (SSSR count). The highest BCUT2D eigenvalue weighted by atomic mass is 79.9. The van der Waals surface area contributed by atoms with Crippen LogP contribution in [0.2, 0.25) is 0 Å². The zero-order valence-corrected chi connectivity index (χ0v) is 21.8. The second kappa shape index (κ2) is 10.8. The molecule has 0 aromatic heterocycles. The largest absolute Gasteiger partial charge is 0.311 e. The Bertz CT molecular complexity index is 1210. The number of hydrogen-bond acceptors (Lipinski definition) is 6. The summed E-state index contributed by atoms with van der Waals surface area (Å²) < 4.78 is 0.629. The Balaban J connectivity index is 0.000000247. The Morgan fingerprint density at radius 1 is 1.06 bits per heavy atom. The third-order valence-electron chi connectivity index (χ3n) is 5.39. The van der Waals surface area contributed by atoms with E-state index in [1.807, 2.05) is 13.8 Å². The van der Waals surface area contributed by atoms with E-state index in [1.165, 1.54) is 43.0 Å². The molecule has 0 saturated carbocycles.